The minimum Gasteiger partial charge on any atom is -0.497 e. The van der Waals surface area contributed by atoms with Crippen molar-refractivity contribution in [3.8, 4) is 11.4 Å². The van der Waals surface area contributed by atoms with Crippen molar-refractivity contribution < 1.29 is 9.53 Å². The number of hydrazone groups is 1. The molecule has 0 saturated heterocycles. The number of aryl methyl sites for hydroxylation is 1. The first kappa shape index (κ1) is 20.1. The van der Waals surface area contributed by atoms with E-state index < -0.39 is 0 Å². The molecule has 0 unspecified atom stereocenters. The van der Waals surface area contributed by atoms with Gasteiger partial charge in [-0.15, -0.1) is 0 Å². The number of pyridine rings is 1. The Balaban J connectivity index is 1.93. The highest BCUT2D eigenvalue weighted by Crippen LogP contribution is 2.15. The van der Waals surface area contributed by atoms with Gasteiger partial charge < -0.3 is 4.74 Å². The fourth-order valence-corrected chi connectivity index (χ4v) is 2.95. The summed E-state index contributed by atoms with van der Waals surface area (Å²) in [5.74, 6) is 0.318. The van der Waals surface area contributed by atoms with Crippen LogP contribution < -0.4 is 15.7 Å². The Morgan fingerprint density at radius 2 is 2.03 bits per heavy atom. The number of methoxy groups -OCH3 is 1. The highest BCUT2D eigenvalue weighted by Gasteiger charge is 2.18. The molecule has 0 bridgehead atoms. The van der Waals surface area contributed by atoms with E-state index in [1.165, 1.54) is 10.9 Å². The van der Waals surface area contributed by atoms with Crippen LogP contribution in [0.15, 0.2) is 58.7 Å². The molecule has 0 saturated carbocycles. The van der Waals surface area contributed by atoms with Crippen LogP contribution in [-0.4, -0.2) is 33.5 Å². The van der Waals surface area contributed by atoms with E-state index >= 15 is 0 Å². The molecule has 0 atom stereocenters. The third kappa shape index (κ3) is 4.43. The maximum Gasteiger partial charge on any atom is 0.280 e. The molecule has 0 aliphatic carbocycles. The number of carbonyl (C=O) groups is 1. The van der Waals surface area contributed by atoms with Gasteiger partial charge >= 0.3 is 0 Å². The van der Waals surface area contributed by atoms with Gasteiger partial charge in [0.15, 0.2) is 0 Å². The molecule has 8 nitrogen and oxygen atoms in total. The molecule has 1 amide bonds. The van der Waals surface area contributed by atoms with Crippen molar-refractivity contribution >= 4 is 11.6 Å². The fourth-order valence-electron chi connectivity index (χ4n) is 2.95. The Morgan fingerprint density at radius 3 is 2.66 bits per heavy atom. The second kappa shape index (κ2) is 9.01. The standard InChI is InChI=1S/C21H23N5O3/c1-4-6-18-19(14(2)23-24-20(27)15-7-5-12-22-13-15)21(28)26(25-18)16-8-10-17(29-3)11-9-16/h5,7-13,25H,4,6H2,1-3H3,(H,24,27)/b23-14+. The molecule has 2 N–H and O–H groups in total. The van der Waals surface area contributed by atoms with Crippen LogP contribution in [0.5, 0.6) is 5.75 Å². The molecule has 0 fully saturated rings. The summed E-state index contributed by atoms with van der Waals surface area (Å²) in [4.78, 5) is 29.2. The van der Waals surface area contributed by atoms with Crippen molar-refractivity contribution in [3.05, 3.63) is 76.0 Å². The number of nitrogens with one attached hydrogen (secondary N) is 2. The number of benzene rings is 1. The van der Waals surface area contributed by atoms with Crippen molar-refractivity contribution in [2.45, 2.75) is 26.7 Å². The Morgan fingerprint density at radius 1 is 1.28 bits per heavy atom. The Kier molecular flexibility index (Phi) is 6.23. The van der Waals surface area contributed by atoms with E-state index in [2.05, 4.69) is 20.6 Å². The van der Waals surface area contributed by atoms with Gasteiger partial charge in [0.1, 0.15) is 5.75 Å². The van der Waals surface area contributed by atoms with E-state index in [0.717, 1.165) is 12.1 Å². The molecule has 2 aromatic heterocycles. The lowest BCUT2D eigenvalue weighted by molar-refractivity contribution is 0.0954. The summed E-state index contributed by atoms with van der Waals surface area (Å²) in [7, 11) is 1.59. The lowest BCUT2D eigenvalue weighted by atomic mass is 10.1. The largest absolute Gasteiger partial charge is 0.497 e. The average molecular weight is 393 g/mol. The van der Waals surface area contributed by atoms with Gasteiger partial charge in [0, 0.05) is 18.1 Å². The van der Waals surface area contributed by atoms with E-state index in [-0.39, 0.29) is 11.5 Å². The first-order valence-electron chi connectivity index (χ1n) is 9.28. The molecule has 29 heavy (non-hydrogen) atoms. The zero-order chi connectivity index (χ0) is 20.8. The third-order valence-electron chi connectivity index (χ3n) is 4.41. The number of amides is 1. The number of aromatic amines is 1. The lowest BCUT2D eigenvalue weighted by Crippen LogP contribution is -2.23. The molecule has 0 aliphatic rings. The van der Waals surface area contributed by atoms with Gasteiger partial charge in [-0.2, -0.15) is 5.10 Å². The maximum atomic E-state index is 13.1. The summed E-state index contributed by atoms with van der Waals surface area (Å²) in [6, 6.07) is 10.5. The highest BCUT2D eigenvalue weighted by atomic mass is 16.5. The van der Waals surface area contributed by atoms with E-state index in [1.54, 1.807) is 56.6 Å². The number of rotatable bonds is 7. The second-order valence-electron chi connectivity index (χ2n) is 6.43. The number of ether oxygens (including phenoxy) is 1. The van der Waals surface area contributed by atoms with Gasteiger partial charge in [-0.25, -0.2) is 10.1 Å². The number of hydrogen-bond donors (Lipinski definition) is 2. The third-order valence-corrected chi connectivity index (χ3v) is 4.41. The van der Waals surface area contributed by atoms with Crippen molar-refractivity contribution in [2.24, 2.45) is 5.10 Å². The molecule has 3 rings (SSSR count). The van der Waals surface area contributed by atoms with Gasteiger partial charge in [-0.1, -0.05) is 13.3 Å². The molecule has 1 aromatic carbocycles. The summed E-state index contributed by atoms with van der Waals surface area (Å²) in [5, 5.41) is 7.31. The molecule has 8 heteroatoms. The quantitative estimate of drug-likeness (QED) is 0.476. The van der Waals surface area contributed by atoms with Crippen molar-refractivity contribution in [1.29, 1.82) is 0 Å². The number of hydrogen-bond acceptors (Lipinski definition) is 5. The molecule has 0 radical (unpaired) electrons. The monoisotopic (exact) mass is 393 g/mol. The minimum absolute atomic E-state index is 0.226. The van der Waals surface area contributed by atoms with Crippen molar-refractivity contribution in [2.75, 3.05) is 7.11 Å². The number of carbonyl (C=O) groups excluding carboxylic acids is 1. The van der Waals surface area contributed by atoms with Crippen LogP contribution in [0.25, 0.3) is 5.69 Å². The number of H-pyrrole nitrogens is 1. The zero-order valence-electron chi connectivity index (χ0n) is 16.6. The van der Waals surface area contributed by atoms with E-state index in [0.29, 0.717) is 34.7 Å². The van der Waals surface area contributed by atoms with Crippen LogP contribution >= 0.6 is 0 Å². The Labute approximate surface area is 168 Å². The molecular formula is C21H23N5O3. The van der Waals surface area contributed by atoms with Gasteiger partial charge in [0.05, 0.1) is 29.6 Å². The number of aromatic nitrogens is 3. The van der Waals surface area contributed by atoms with Crippen LogP contribution in [0.1, 0.15) is 41.9 Å². The van der Waals surface area contributed by atoms with E-state index in [4.69, 9.17) is 4.74 Å². The maximum absolute atomic E-state index is 13.1. The van der Waals surface area contributed by atoms with E-state index in [9.17, 15) is 9.59 Å². The molecule has 0 aliphatic heterocycles. The first-order valence-corrected chi connectivity index (χ1v) is 9.28. The smallest absolute Gasteiger partial charge is 0.280 e. The van der Waals surface area contributed by atoms with Crippen LogP contribution in [0, 0.1) is 0 Å². The minimum atomic E-state index is -0.388. The molecule has 0 spiro atoms. The molecule has 2 heterocycles. The normalized spacial score (nSPS) is 11.3. The van der Waals surface area contributed by atoms with E-state index in [1.807, 2.05) is 6.92 Å². The summed E-state index contributed by atoms with van der Waals surface area (Å²) in [6.45, 7) is 3.73. The van der Waals surface area contributed by atoms with Crippen molar-refractivity contribution in [3.63, 3.8) is 0 Å². The zero-order valence-corrected chi connectivity index (χ0v) is 16.6. The second-order valence-corrected chi connectivity index (χ2v) is 6.43. The Hall–Kier alpha value is -3.68. The summed E-state index contributed by atoms with van der Waals surface area (Å²) >= 11 is 0. The Bertz CT molecular complexity index is 1070. The van der Waals surface area contributed by atoms with Gasteiger partial charge in [-0.3, -0.25) is 19.7 Å². The molecule has 3 aromatic rings. The summed E-state index contributed by atoms with van der Waals surface area (Å²) in [5.41, 5.74) is 4.99. The fraction of sp³-hybridized carbons (Fsp3) is 0.238. The number of nitrogens with zero attached hydrogens (tertiary/aromatic N) is 3. The SMILES string of the molecule is CCCc1[nH]n(-c2ccc(OC)cc2)c(=O)c1/C(C)=N/NC(=O)c1cccnc1. The van der Waals surface area contributed by atoms with Crippen molar-refractivity contribution in [1.82, 2.24) is 20.2 Å². The molecular weight excluding hydrogens is 370 g/mol. The van der Waals surface area contributed by atoms with Crippen LogP contribution in [-0.2, 0) is 6.42 Å². The topological polar surface area (TPSA) is 101 Å². The lowest BCUT2D eigenvalue weighted by Gasteiger charge is -2.03. The summed E-state index contributed by atoms with van der Waals surface area (Å²) in [6.07, 6.45) is 4.57. The van der Waals surface area contributed by atoms with Crippen LogP contribution in [0.3, 0.4) is 0 Å². The van der Waals surface area contributed by atoms with Crippen LogP contribution in [0.2, 0.25) is 0 Å². The average Bonchev–Trinajstić information content (AvgIpc) is 3.08. The van der Waals surface area contributed by atoms with Gasteiger partial charge in [-0.05, 0) is 49.7 Å². The predicted octanol–water partition coefficient (Wildman–Crippen LogP) is 2.68. The first-order chi connectivity index (χ1) is 14.0. The highest BCUT2D eigenvalue weighted by molar-refractivity contribution is 6.01. The van der Waals surface area contributed by atoms with Gasteiger partial charge in [0.2, 0.25) is 0 Å². The summed E-state index contributed by atoms with van der Waals surface area (Å²) < 4.78 is 6.64. The predicted molar refractivity (Wildman–Crippen MR) is 111 cm³/mol. The van der Waals surface area contributed by atoms with Crippen LogP contribution in [0.4, 0.5) is 0 Å². The molecule has 150 valence electrons. The van der Waals surface area contributed by atoms with Gasteiger partial charge in [0.25, 0.3) is 11.5 Å².